The molecule has 0 saturated carbocycles. The molecule has 0 radical (unpaired) electrons. The van der Waals surface area contributed by atoms with E-state index in [2.05, 4.69) is 26.1 Å². The van der Waals surface area contributed by atoms with Gasteiger partial charge < -0.3 is 16.0 Å². The zero-order chi connectivity index (χ0) is 21.6. The number of nitrogens with one attached hydrogen (secondary N) is 3. The van der Waals surface area contributed by atoms with Gasteiger partial charge in [0.1, 0.15) is 0 Å². The molecule has 3 N–H and O–H groups in total. The van der Waals surface area contributed by atoms with Crippen LogP contribution in [0.2, 0.25) is 0 Å². The lowest BCUT2D eigenvalue weighted by molar-refractivity contribution is -0.114. The lowest BCUT2D eigenvalue weighted by Crippen LogP contribution is -2.14. The maximum absolute atomic E-state index is 12.4. The Morgan fingerprint density at radius 3 is 2.58 bits per heavy atom. The zero-order valence-electron chi connectivity index (χ0n) is 16.6. The van der Waals surface area contributed by atoms with Crippen molar-refractivity contribution < 1.29 is 9.59 Å². The molecule has 0 aliphatic heterocycles. The number of nitrogens with zero attached hydrogens (tertiary/aromatic N) is 2. The van der Waals surface area contributed by atoms with Gasteiger partial charge in [-0.2, -0.15) is 0 Å². The summed E-state index contributed by atoms with van der Waals surface area (Å²) >= 11 is 2.69. The van der Waals surface area contributed by atoms with Crippen molar-refractivity contribution in [1.29, 1.82) is 0 Å². The molecule has 3 aromatic carbocycles. The predicted octanol–water partition coefficient (Wildman–Crippen LogP) is 5.12. The van der Waals surface area contributed by atoms with Gasteiger partial charge in [-0.25, -0.2) is 0 Å². The molecule has 0 aliphatic carbocycles. The Morgan fingerprint density at radius 2 is 1.71 bits per heavy atom. The number of amides is 2. The fourth-order valence-corrected chi connectivity index (χ4v) is 4.54. The molecule has 0 unspecified atom stereocenters. The van der Waals surface area contributed by atoms with Crippen molar-refractivity contribution in [1.82, 2.24) is 10.2 Å². The summed E-state index contributed by atoms with van der Waals surface area (Å²) in [6.45, 7) is 1.46. The molecular formula is C22H19N5O2S2. The number of benzene rings is 3. The molecule has 0 saturated heterocycles. The van der Waals surface area contributed by atoms with Crippen molar-refractivity contribution in [3.05, 3.63) is 66.7 Å². The van der Waals surface area contributed by atoms with E-state index < -0.39 is 0 Å². The lowest BCUT2D eigenvalue weighted by atomic mass is 10.1. The quantitative estimate of drug-likeness (QED) is 0.339. The fraction of sp³-hybridized carbons (Fsp3) is 0.0909. The second-order valence-electron chi connectivity index (χ2n) is 6.62. The molecule has 7 nitrogen and oxygen atoms in total. The fourth-order valence-electron chi connectivity index (χ4n) is 2.97. The molecule has 0 bridgehead atoms. The molecule has 0 spiro atoms. The largest absolute Gasteiger partial charge is 0.330 e. The van der Waals surface area contributed by atoms with Gasteiger partial charge in [-0.05, 0) is 29.7 Å². The van der Waals surface area contributed by atoms with Crippen LogP contribution in [0.15, 0.2) is 71.1 Å². The van der Waals surface area contributed by atoms with Crippen LogP contribution in [-0.2, 0) is 9.59 Å². The highest BCUT2D eigenvalue weighted by molar-refractivity contribution is 8.01. The number of aromatic nitrogens is 2. The van der Waals surface area contributed by atoms with Gasteiger partial charge in [0, 0.05) is 29.4 Å². The maximum atomic E-state index is 12.4. The van der Waals surface area contributed by atoms with E-state index in [0.717, 1.165) is 22.1 Å². The Hall–Kier alpha value is -3.43. The average molecular weight is 450 g/mol. The molecule has 0 atom stereocenters. The zero-order valence-corrected chi connectivity index (χ0v) is 18.2. The normalized spacial score (nSPS) is 10.6. The van der Waals surface area contributed by atoms with E-state index in [1.807, 2.05) is 66.7 Å². The summed E-state index contributed by atoms with van der Waals surface area (Å²) in [7, 11) is 0. The highest BCUT2D eigenvalue weighted by Crippen LogP contribution is 2.29. The van der Waals surface area contributed by atoms with Gasteiger partial charge in [-0.15, -0.1) is 10.2 Å². The van der Waals surface area contributed by atoms with Crippen LogP contribution >= 0.6 is 23.1 Å². The second-order valence-corrected chi connectivity index (χ2v) is 8.82. The van der Waals surface area contributed by atoms with Crippen LogP contribution in [0.25, 0.3) is 10.8 Å². The summed E-state index contributed by atoms with van der Waals surface area (Å²) < 4.78 is 0.689. The van der Waals surface area contributed by atoms with Crippen molar-refractivity contribution in [3.63, 3.8) is 0 Å². The Kier molecular flexibility index (Phi) is 6.44. The Balaban J connectivity index is 1.34. The minimum atomic E-state index is -0.131. The molecule has 1 heterocycles. The second kappa shape index (κ2) is 9.59. The van der Waals surface area contributed by atoms with Crippen molar-refractivity contribution >= 4 is 67.9 Å². The Morgan fingerprint density at radius 1 is 0.935 bits per heavy atom. The lowest BCUT2D eigenvalue weighted by Gasteiger charge is -2.08. The third kappa shape index (κ3) is 5.59. The highest BCUT2D eigenvalue weighted by atomic mass is 32.2. The number of hydrogen-bond acceptors (Lipinski definition) is 7. The number of thioether (sulfide) groups is 1. The first-order valence-electron chi connectivity index (χ1n) is 9.45. The summed E-state index contributed by atoms with van der Waals surface area (Å²) in [5.74, 6) is -0.00169. The molecule has 31 heavy (non-hydrogen) atoms. The summed E-state index contributed by atoms with van der Waals surface area (Å²) in [6, 6.07) is 21.1. The minimum absolute atomic E-state index is 0.103. The summed E-state index contributed by atoms with van der Waals surface area (Å²) in [5.41, 5.74) is 2.27. The molecule has 0 aliphatic rings. The van der Waals surface area contributed by atoms with Gasteiger partial charge in [-0.1, -0.05) is 65.6 Å². The third-order valence-electron chi connectivity index (χ3n) is 4.23. The van der Waals surface area contributed by atoms with Crippen LogP contribution in [0.1, 0.15) is 6.92 Å². The first kappa shape index (κ1) is 20.8. The van der Waals surface area contributed by atoms with Crippen molar-refractivity contribution in [2.75, 3.05) is 21.7 Å². The SMILES string of the molecule is CC(=O)Nc1cccc(Nc2nnc(SCC(=O)Nc3cccc4ccccc34)s2)c1. The van der Waals surface area contributed by atoms with Gasteiger partial charge in [0.15, 0.2) is 4.34 Å². The van der Waals surface area contributed by atoms with E-state index in [1.54, 1.807) is 0 Å². The molecule has 4 rings (SSSR count). The van der Waals surface area contributed by atoms with Crippen molar-refractivity contribution in [3.8, 4) is 0 Å². The van der Waals surface area contributed by atoms with Crippen LogP contribution in [0.5, 0.6) is 0 Å². The van der Waals surface area contributed by atoms with E-state index in [4.69, 9.17) is 0 Å². The molecule has 9 heteroatoms. The van der Waals surface area contributed by atoms with Crippen LogP contribution in [0, 0.1) is 0 Å². The first-order valence-corrected chi connectivity index (χ1v) is 11.3. The van der Waals surface area contributed by atoms with Crippen molar-refractivity contribution in [2.45, 2.75) is 11.3 Å². The number of carbonyl (C=O) groups is 2. The van der Waals surface area contributed by atoms with Crippen molar-refractivity contribution in [2.24, 2.45) is 0 Å². The standard InChI is InChI=1S/C22H19N5O2S2/c1-14(28)23-16-8-5-9-17(12-16)24-21-26-27-22(31-21)30-13-20(29)25-19-11-4-7-15-6-2-3-10-18(15)19/h2-12H,13H2,1H3,(H,23,28)(H,24,26)(H,25,29). The maximum Gasteiger partial charge on any atom is 0.234 e. The van der Waals surface area contributed by atoms with E-state index in [0.29, 0.717) is 15.2 Å². The third-order valence-corrected chi connectivity index (χ3v) is 6.20. The van der Waals surface area contributed by atoms with Gasteiger partial charge in [0.25, 0.3) is 0 Å². The first-order chi connectivity index (χ1) is 15.1. The van der Waals surface area contributed by atoms with E-state index in [9.17, 15) is 9.59 Å². The molecule has 2 amide bonds. The number of anilines is 4. The average Bonchev–Trinajstić information content (AvgIpc) is 3.20. The predicted molar refractivity (Wildman–Crippen MR) is 127 cm³/mol. The Bertz CT molecular complexity index is 1240. The van der Waals surface area contributed by atoms with Gasteiger partial charge in [0.2, 0.25) is 16.9 Å². The molecule has 156 valence electrons. The van der Waals surface area contributed by atoms with E-state index in [-0.39, 0.29) is 17.6 Å². The van der Waals surface area contributed by atoms with Gasteiger partial charge in [-0.3, -0.25) is 9.59 Å². The Labute approximate surface area is 187 Å². The van der Waals surface area contributed by atoms with Crippen LogP contribution in [0.3, 0.4) is 0 Å². The molecule has 1 aromatic heterocycles. The van der Waals surface area contributed by atoms with Crippen LogP contribution in [0.4, 0.5) is 22.2 Å². The summed E-state index contributed by atoms with van der Waals surface area (Å²) in [5, 5.41) is 19.8. The highest BCUT2D eigenvalue weighted by Gasteiger charge is 2.10. The van der Waals surface area contributed by atoms with Gasteiger partial charge in [0.05, 0.1) is 5.75 Å². The van der Waals surface area contributed by atoms with Crippen LogP contribution in [-0.4, -0.2) is 27.8 Å². The van der Waals surface area contributed by atoms with Crippen LogP contribution < -0.4 is 16.0 Å². The summed E-state index contributed by atoms with van der Waals surface area (Å²) in [6.07, 6.45) is 0. The topological polar surface area (TPSA) is 96.0 Å². The molecular weight excluding hydrogens is 430 g/mol. The van der Waals surface area contributed by atoms with Gasteiger partial charge >= 0.3 is 0 Å². The smallest absolute Gasteiger partial charge is 0.234 e. The monoisotopic (exact) mass is 449 g/mol. The van der Waals surface area contributed by atoms with E-state index in [1.165, 1.54) is 30.0 Å². The minimum Gasteiger partial charge on any atom is -0.330 e. The molecule has 0 fully saturated rings. The number of fused-ring (bicyclic) bond motifs is 1. The number of carbonyl (C=O) groups excluding carboxylic acids is 2. The molecule has 4 aromatic rings. The summed E-state index contributed by atoms with van der Waals surface area (Å²) in [4.78, 5) is 23.6. The number of hydrogen-bond donors (Lipinski definition) is 3. The number of rotatable bonds is 7. The van der Waals surface area contributed by atoms with E-state index >= 15 is 0 Å².